The zero-order valence-corrected chi connectivity index (χ0v) is 18.8. The predicted molar refractivity (Wildman–Crippen MR) is 133 cm³/mol. The molecular formula is C28H26N2O4. The molecule has 0 saturated heterocycles. The number of benzene rings is 2. The molecule has 0 bridgehead atoms. The molecule has 0 radical (unpaired) electrons. The van der Waals surface area contributed by atoms with Crippen molar-refractivity contribution in [1.29, 1.82) is 0 Å². The molecule has 2 aromatic carbocycles. The Kier molecular flexibility index (Phi) is 7.18. The summed E-state index contributed by atoms with van der Waals surface area (Å²) in [6.45, 7) is 4.48. The van der Waals surface area contributed by atoms with Gasteiger partial charge >= 0.3 is 5.97 Å². The number of imide groups is 1. The third kappa shape index (κ3) is 4.76. The zero-order chi connectivity index (χ0) is 23.9. The average Bonchev–Trinajstić information content (AvgIpc) is 2.83. The Morgan fingerprint density at radius 1 is 0.941 bits per heavy atom. The van der Waals surface area contributed by atoms with Crippen LogP contribution < -0.4 is 5.32 Å². The van der Waals surface area contributed by atoms with Crippen molar-refractivity contribution in [3.8, 4) is 0 Å². The number of nitrogens with one attached hydrogen (secondary N) is 1. The van der Waals surface area contributed by atoms with E-state index in [9.17, 15) is 14.4 Å². The van der Waals surface area contributed by atoms with E-state index < -0.39 is 5.97 Å². The van der Waals surface area contributed by atoms with Gasteiger partial charge in [-0.3, -0.25) is 9.59 Å². The summed E-state index contributed by atoms with van der Waals surface area (Å²) in [4.78, 5) is 39.1. The summed E-state index contributed by atoms with van der Waals surface area (Å²) >= 11 is 0. The first-order valence-corrected chi connectivity index (χ1v) is 11.3. The quantitative estimate of drug-likeness (QED) is 0.240. The Morgan fingerprint density at radius 2 is 1.71 bits per heavy atom. The van der Waals surface area contributed by atoms with Gasteiger partial charge in [-0.05, 0) is 49.6 Å². The molecular weight excluding hydrogens is 428 g/mol. The monoisotopic (exact) mass is 454 g/mol. The Morgan fingerprint density at radius 3 is 2.53 bits per heavy atom. The number of unbranched alkanes of at least 4 members (excludes halogenated alkanes) is 2. The molecule has 4 rings (SSSR count). The van der Waals surface area contributed by atoms with E-state index in [-0.39, 0.29) is 11.8 Å². The maximum Gasteiger partial charge on any atom is 0.330 e. The van der Waals surface area contributed by atoms with Gasteiger partial charge in [-0.15, -0.1) is 0 Å². The van der Waals surface area contributed by atoms with Crippen LogP contribution in [0.4, 0.5) is 5.69 Å². The molecule has 0 spiro atoms. The van der Waals surface area contributed by atoms with Crippen molar-refractivity contribution in [2.75, 3.05) is 18.5 Å². The van der Waals surface area contributed by atoms with E-state index in [1.807, 2.05) is 48.6 Å². The second-order valence-corrected chi connectivity index (χ2v) is 7.91. The lowest BCUT2D eigenvalue weighted by atomic mass is 9.92. The molecule has 0 fully saturated rings. The smallest absolute Gasteiger partial charge is 0.330 e. The standard InChI is InChI=1S/C28H26N2O4/c1-2-25(31)34-19-10-6-9-18-29-24-17-16-23-26-21(24)14-11-15-22(26)27(32)30(28(23)33)20-12-7-4-3-5-8-13-20/h2-5,7-8,11-17,29H,1,6,9-10,18-19H2/b4-3-,5-3?,7-4?,8-5-,12-7-,13-8?,20-12?,20-13+. The van der Waals surface area contributed by atoms with Gasteiger partial charge in [0.2, 0.25) is 0 Å². The summed E-state index contributed by atoms with van der Waals surface area (Å²) in [5, 5.41) is 4.95. The van der Waals surface area contributed by atoms with Crippen LogP contribution in [0, 0.1) is 0 Å². The van der Waals surface area contributed by atoms with Crippen LogP contribution >= 0.6 is 0 Å². The highest BCUT2D eigenvalue weighted by molar-refractivity contribution is 6.27. The van der Waals surface area contributed by atoms with Crippen molar-refractivity contribution in [2.45, 2.75) is 19.3 Å². The van der Waals surface area contributed by atoms with E-state index in [0.717, 1.165) is 43.0 Å². The highest BCUT2D eigenvalue weighted by Gasteiger charge is 2.34. The Hall–Kier alpha value is -4.19. The number of carbonyl (C=O) groups excluding carboxylic acids is 3. The van der Waals surface area contributed by atoms with E-state index in [2.05, 4.69) is 11.9 Å². The van der Waals surface area contributed by atoms with Gasteiger partial charge in [0.05, 0.1) is 12.3 Å². The summed E-state index contributed by atoms with van der Waals surface area (Å²) in [5.41, 5.74) is 2.43. The largest absolute Gasteiger partial charge is 0.463 e. The highest BCUT2D eigenvalue weighted by atomic mass is 16.5. The van der Waals surface area contributed by atoms with Gasteiger partial charge in [0.15, 0.2) is 0 Å². The van der Waals surface area contributed by atoms with Crippen LogP contribution in [-0.4, -0.2) is 35.8 Å². The maximum atomic E-state index is 13.4. The second-order valence-electron chi connectivity index (χ2n) is 7.91. The molecule has 2 amide bonds. The van der Waals surface area contributed by atoms with Gasteiger partial charge in [0.25, 0.3) is 11.8 Å². The average molecular weight is 455 g/mol. The van der Waals surface area contributed by atoms with Crippen LogP contribution in [0.1, 0.15) is 40.0 Å². The van der Waals surface area contributed by atoms with Crippen LogP contribution in [0.15, 0.2) is 91.2 Å². The Balaban J connectivity index is 1.51. The molecule has 34 heavy (non-hydrogen) atoms. The minimum atomic E-state index is -0.403. The molecule has 6 heteroatoms. The number of ether oxygens (including phenoxy) is 1. The second kappa shape index (κ2) is 10.6. The molecule has 2 aromatic rings. The lowest BCUT2D eigenvalue weighted by molar-refractivity contribution is -0.137. The molecule has 6 nitrogen and oxygen atoms in total. The summed E-state index contributed by atoms with van der Waals surface area (Å²) in [5.74, 6) is -1.06. The van der Waals surface area contributed by atoms with E-state index in [4.69, 9.17) is 4.74 Å². The fourth-order valence-corrected chi connectivity index (χ4v) is 4.05. The lowest BCUT2D eigenvalue weighted by Gasteiger charge is -2.28. The number of allylic oxidation sites excluding steroid dienone is 7. The molecule has 1 aliphatic carbocycles. The van der Waals surface area contributed by atoms with Crippen LogP contribution in [-0.2, 0) is 9.53 Å². The van der Waals surface area contributed by atoms with Gasteiger partial charge < -0.3 is 10.1 Å². The molecule has 0 aromatic heterocycles. The van der Waals surface area contributed by atoms with Crippen molar-refractivity contribution in [1.82, 2.24) is 4.90 Å². The number of hydrogen-bond donors (Lipinski definition) is 1. The number of carbonyl (C=O) groups is 3. The van der Waals surface area contributed by atoms with E-state index in [0.29, 0.717) is 28.8 Å². The van der Waals surface area contributed by atoms with Crippen LogP contribution in [0.2, 0.25) is 0 Å². The topological polar surface area (TPSA) is 75.7 Å². The van der Waals surface area contributed by atoms with Crippen molar-refractivity contribution < 1.29 is 19.1 Å². The van der Waals surface area contributed by atoms with Gasteiger partial charge in [0, 0.05) is 40.2 Å². The summed E-state index contributed by atoms with van der Waals surface area (Å²) < 4.78 is 4.98. The van der Waals surface area contributed by atoms with Crippen LogP contribution in [0.5, 0.6) is 0 Å². The molecule has 2 aliphatic rings. The molecule has 0 unspecified atom stereocenters. The number of anilines is 1. The fourth-order valence-electron chi connectivity index (χ4n) is 4.05. The molecule has 1 heterocycles. The molecule has 0 saturated carbocycles. The maximum absolute atomic E-state index is 13.4. The van der Waals surface area contributed by atoms with E-state index in [1.165, 1.54) is 4.90 Å². The van der Waals surface area contributed by atoms with Crippen molar-refractivity contribution in [2.24, 2.45) is 0 Å². The number of esters is 1. The van der Waals surface area contributed by atoms with Crippen LogP contribution in [0.25, 0.3) is 10.8 Å². The molecule has 172 valence electrons. The highest BCUT2D eigenvalue weighted by Crippen LogP contribution is 2.36. The minimum absolute atomic E-state index is 0.330. The number of rotatable bonds is 9. The third-order valence-electron chi connectivity index (χ3n) is 5.69. The number of amides is 2. The predicted octanol–water partition coefficient (Wildman–Crippen LogP) is 5.31. The zero-order valence-electron chi connectivity index (χ0n) is 18.8. The van der Waals surface area contributed by atoms with E-state index >= 15 is 0 Å². The summed E-state index contributed by atoms with van der Waals surface area (Å²) in [6.07, 6.45) is 16.4. The molecule has 1 aliphatic heterocycles. The first kappa shape index (κ1) is 23.0. The number of nitrogens with zero attached hydrogens (tertiary/aromatic N) is 1. The molecule has 1 N–H and O–H groups in total. The first-order chi connectivity index (χ1) is 16.6. The normalized spacial score (nSPS) is 18.9. The third-order valence-corrected chi connectivity index (χ3v) is 5.69. The lowest BCUT2D eigenvalue weighted by Crippen LogP contribution is -2.39. The van der Waals surface area contributed by atoms with Gasteiger partial charge in [-0.2, -0.15) is 0 Å². The van der Waals surface area contributed by atoms with Gasteiger partial charge in [-0.1, -0.05) is 49.1 Å². The van der Waals surface area contributed by atoms with Crippen LogP contribution in [0.3, 0.4) is 0 Å². The van der Waals surface area contributed by atoms with E-state index in [1.54, 1.807) is 24.3 Å². The van der Waals surface area contributed by atoms with Crippen molar-refractivity contribution >= 4 is 34.2 Å². The van der Waals surface area contributed by atoms with Gasteiger partial charge in [0.1, 0.15) is 0 Å². The van der Waals surface area contributed by atoms with Crippen molar-refractivity contribution in [3.63, 3.8) is 0 Å². The first-order valence-electron chi connectivity index (χ1n) is 11.3. The number of hydrogen-bond acceptors (Lipinski definition) is 5. The Labute approximate surface area is 198 Å². The van der Waals surface area contributed by atoms with Crippen molar-refractivity contribution in [3.05, 3.63) is 102 Å². The summed E-state index contributed by atoms with van der Waals surface area (Å²) in [6, 6.07) is 9.22. The fraction of sp³-hybridized carbons (Fsp3) is 0.179. The minimum Gasteiger partial charge on any atom is -0.463 e. The SMILES string of the molecule is C=CC(=O)OCCCCCNc1ccc2c3c(cccc13)C(=O)N(C1=C/C=C\C=C/C=C\1)C2=O. The Bertz CT molecular complexity index is 1240. The summed E-state index contributed by atoms with van der Waals surface area (Å²) in [7, 11) is 0. The molecule has 0 atom stereocenters. The van der Waals surface area contributed by atoms with Gasteiger partial charge in [-0.25, -0.2) is 9.69 Å².